The fourth-order valence-corrected chi connectivity index (χ4v) is 10.4. The zero-order chi connectivity index (χ0) is 38.3. The molecule has 0 unspecified atom stereocenters. The van der Waals surface area contributed by atoms with Crippen molar-refractivity contribution in [3.8, 4) is 22.9 Å². The molecule has 5 nitrogen and oxygen atoms in total. The van der Waals surface area contributed by atoms with Gasteiger partial charge in [-0.05, 0) is 53.9 Å². The first-order chi connectivity index (χ1) is 29.3. The van der Waals surface area contributed by atoms with E-state index < -0.39 is 0 Å². The summed E-state index contributed by atoms with van der Waals surface area (Å²) in [6.45, 7) is 0. The molecule has 0 bridgehead atoms. The smallest absolute Gasteiger partial charge is 0.235 e. The van der Waals surface area contributed by atoms with Crippen molar-refractivity contribution in [3.05, 3.63) is 188 Å². The fraction of sp³-hybridized carbons (Fsp3) is 0. The molecule has 14 rings (SSSR count). The Hall–Kier alpha value is -8.02. The lowest BCUT2D eigenvalue weighted by Gasteiger charge is -2.14. The molecular weight excluding hydrogens is 719 g/mol. The normalized spacial score (nSPS) is 12.4. The van der Waals surface area contributed by atoms with Gasteiger partial charge in [-0.1, -0.05) is 140 Å². The summed E-state index contributed by atoms with van der Waals surface area (Å²) >= 11 is 0. The second-order valence-electron chi connectivity index (χ2n) is 15.7. The molecule has 0 saturated carbocycles. The highest BCUT2D eigenvalue weighted by atomic mass is 15.2. The van der Waals surface area contributed by atoms with Crippen molar-refractivity contribution >= 4 is 103 Å². The quantitative estimate of drug-likeness (QED) is 0.180. The van der Waals surface area contributed by atoms with E-state index in [9.17, 15) is 0 Å². The molecule has 14 aromatic rings. The molecule has 0 aliphatic carbocycles. The number of hydrogen-bond donors (Lipinski definition) is 0. The summed E-state index contributed by atoms with van der Waals surface area (Å²) in [6, 6.07) is 67.9. The van der Waals surface area contributed by atoms with Gasteiger partial charge < -0.3 is 8.97 Å². The molecule has 0 amide bonds. The van der Waals surface area contributed by atoms with Gasteiger partial charge in [0.05, 0.1) is 49.8 Å². The summed E-state index contributed by atoms with van der Waals surface area (Å²) in [6.07, 6.45) is 0. The first kappa shape index (κ1) is 31.1. The van der Waals surface area contributed by atoms with Gasteiger partial charge in [-0.25, -0.2) is 9.97 Å². The zero-order valence-corrected chi connectivity index (χ0v) is 31.6. The van der Waals surface area contributed by atoms with Crippen LogP contribution in [0.25, 0.3) is 126 Å². The largest absolute Gasteiger partial charge is 0.309 e. The number of aromatic nitrogens is 5. The van der Waals surface area contributed by atoms with Crippen molar-refractivity contribution in [2.45, 2.75) is 0 Å². The van der Waals surface area contributed by atoms with E-state index in [2.05, 4.69) is 202 Å². The van der Waals surface area contributed by atoms with E-state index in [4.69, 9.17) is 9.97 Å². The molecule has 59 heavy (non-hydrogen) atoms. The van der Waals surface area contributed by atoms with Crippen molar-refractivity contribution in [1.29, 1.82) is 0 Å². The van der Waals surface area contributed by atoms with Crippen LogP contribution in [0.15, 0.2) is 188 Å². The maximum Gasteiger partial charge on any atom is 0.235 e. The summed E-state index contributed by atoms with van der Waals surface area (Å²) in [4.78, 5) is 11.1. The number of rotatable bonds is 3. The summed E-state index contributed by atoms with van der Waals surface area (Å²) in [7, 11) is 0. The number of hydrogen-bond acceptors (Lipinski definition) is 2. The Kier molecular flexibility index (Phi) is 5.96. The van der Waals surface area contributed by atoms with Gasteiger partial charge >= 0.3 is 0 Å². The Bertz CT molecular complexity index is 4070. The van der Waals surface area contributed by atoms with E-state index in [1.54, 1.807) is 0 Å². The van der Waals surface area contributed by atoms with Gasteiger partial charge in [-0.3, -0.25) is 4.57 Å². The molecule has 5 aromatic heterocycles. The summed E-state index contributed by atoms with van der Waals surface area (Å²) in [5, 5.41) is 13.2. The summed E-state index contributed by atoms with van der Waals surface area (Å²) in [5.41, 5.74) is 12.2. The average molecular weight is 750 g/mol. The van der Waals surface area contributed by atoms with Crippen LogP contribution in [0.2, 0.25) is 0 Å². The average Bonchev–Trinajstić information content (AvgIpc) is 4.03. The Morgan fingerprint density at radius 3 is 1.85 bits per heavy atom. The van der Waals surface area contributed by atoms with E-state index in [0.717, 1.165) is 49.9 Å². The molecule has 0 saturated heterocycles. The van der Waals surface area contributed by atoms with Crippen LogP contribution >= 0.6 is 0 Å². The molecule has 0 radical (unpaired) electrons. The van der Waals surface area contributed by atoms with Crippen LogP contribution in [-0.2, 0) is 0 Å². The van der Waals surface area contributed by atoms with Crippen molar-refractivity contribution in [3.63, 3.8) is 0 Å². The van der Waals surface area contributed by atoms with Crippen molar-refractivity contribution in [2.24, 2.45) is 0 Å². The topological polar surface area (TPSA) is 40.0 Å². The molecule has 0 spiro atoms. The SMILES string of the molecule is c1ccc(-n2c3ccccc3c3c(-c4nc(-n5c6ccc7c(c8cccc9c%10ccccc%10n7c98)c6c6ccc7ccccc7c65)nc5ccccc45)cccc32)cc1. The van der Waals surface area contributed by atoms with Crippen LogP contribution in [0.4, 0.5) is 0 Å². The molecule has 5 heteroatoms. The van der Waals surface area contributed by atoms with E-state index in [-0.39, 0.29) is 0 Å². The number of para-hydroxylation sites is 5. The third kappa shape index (κ3) is 3.98. The minimum atomic E-state index is 0.653. The monoisotopic (exact) mass is 749 g/mol. The number of nitrogens with zero attached hydrogens (tertiary/aromatic N) is 5. The van der Waals surface area contributed by atoms with Crippen LogP contribution in [0.1, 0.15) is 0 Å². The zero-order valence-electron chi connectivity index (χ0n) is 31.6. The molecule has 9 aromatic carbocycles. The Balaban J connectivity index is 1.14. The minimum Gasteiger partial charge on any atom is -0.309 e. The van der Waals surface area contributed by atoms with Crippen LogP contribution in [0.5, 0.6) is 0 Å². The van der Waals surface area contributed by atoms with Crippen LogP contribution in [0.3, 0.4) is 0 Å². The van der Waals surface area contributed by atoms with Gasteiger partial charge in [0.1, 0.15) is 0 Å². The van der Waals surface area contributed by atoms with Crippen LogP contribution in [0, 0.1) is 0 Å². The van der Waals surface area contributed by atoms with Crippen molar-refractivity contribution < 1.29 is 0 Å². The lowest BCUT2D eigenvalue weighted by Crippen LogP contribution is -2.04. The Labute approximate surface area is 336 Å². The number of benzene rings is 9. The van der Waals surface area contributed by atoms with Gasteiger partial charge in [0.2, 0.25) is 5.95 Å². The lowest BCUT2D eigenvalue weighted by atomic mass is 10.0. The van der Waals surface area contributed by atoms with Gasteiger partial charge in [0.25, 0.3) is 0 Å². The highest BCUT2D eigenvalue weighted by Gasteiger charge is 2.25. The summed E-state index contributed by atoms with van der Waals surface area (Å²) in [5.74, 6) is 0.653. The maximum atomic E-state index is 5.70. The highest BCUT2D eigenvalue weighted by Crippen LogP contribution is 2.47. The van der Waals surface area contributed by atoms with Gasteiger partial charge in [0.15, 0.2) is 0 Å². The molecule has 272 valence electrons. The van der Waals surface area contributed by atoms with E-state index >= 15 is 0 Å². The molecular formula is C54H31N5. The fourth-order valence-electron chi connectivity index (χ4n) is 10.4. The van der Waals surface area contributed by atoms with E-state index in [0.29, 0.717) is 5.95 Å². The Morgan fingerprint density at radius 2 is 0.949 bits per heavy atom. The third-order valence-electron chi connectivity index (χ3n) is 12.8. The molecule has 0 aliphatic rings. The molecule has 0 N–H and O–H groups in total. The van der Waals surface area contributed by atoms with Crippen LogP contribution in [-0.4, -0.2) is 23.5 Å². The second kappa shape index (κ2) is 11.3. The molecule has 0 fully saturated rings. The predicted octanol–water partition coefficient (Wildman–Crippen LogP) is 13.8. The first-order valence-electron chi connectivity index (χ1n) is 20.2. The first-order valence-corrected chi connectivity index (χ1v) is 20.2. The third-order valence-corrected chi connectivity index (χ3v) is 12.8. The van der Waals surface area contributed by atoms with Gasteiger partial charge in [-0.2, -0.15) is 0 Å². The van der Waals surface area contributed by atoms with E-state index in [1.807, 2.05) is 0 Å². The van der Waals surface area contributed by atoms with Crippen LogP contribution < -0.4 is 0 Å². The molecule has 0 aliphatic heterocycles. The van der Waals surface area contributed by atoms with Crippen molar-refractivity contribution in [1.82, 2.24) is 23.5 Å². The highest BCUT2D eigenvalue weighted by molar-refractivity contribution is 6.34. The van der Waals surface area contributed by atoms with E-state index in [1.165, 1.54) is 70.4 Å². The lowest BCUT2D eigenvalue weighted by molar-refractivity contribution is 1.02. The minimum absolute atomic E-state index is 0.653. The molecule has 0 atom stereocenters. The number of fused-ring (bicyclic) bond motifs is 16. The maximum absolute atomic E-state index is 5.70. The van der Waals surface area contributed by atoms with Gasteiger partial charge in [-0.15, -0.1) is 0 Å². The second-order valence-corrected chi connectivity index (χ2v) is 15.7. The van der Waals surface area contributed by atoms with Crippen molar-refractivity contribution in [2.75, 3.05) is 0 Å². The predicted molar refractivity (Wildman–Crippen MR) is 246 cm³/mol. The van der Waals surface area contributed by atoms with Gasteiger partial charge in [0, 0.05) is 65.1 Å². The Morgan fingerprint density at radius 1 is 0.322 bits per heavy atom. The standard InChI is InChI=1S/C54H31N5/c1-2-15-33(16-3-1)57-44-26-11-8-20-38(44)48-39(22-13-27-45(48)57)51-37-19-6-9-24-42(37)55-54(56-51)59-47-31-30-46-49(50(47)41-29-28-32-14-4-5-17-34(32)52(41)59)40-23-12-21-36-35-18-7-10-25-43(35)58(46)53(36)40/h1-31H. The molecule has 5 heterocycles. The summed E-state index contributed by atoms with van der Waals surface area (Å²) < 4.78 is 7.18.